The molecule has 0 heterocycles. The van der Waals surface area contributed by atoms with Gasteiger partial charge in [0, 0.05) is 15.6 Å². The molecule has 0 aromatic rings. The van der Waals surface area contributed by atoms with Gasteiger partial charge in [0.05, 0.1) is 0 Å². The molecule has 0 spiro atoms. The second kappa shape index (κ2) is 4.66. The summed E-state index contributed by atoms with van der Waals surface area (Å²) in [6.45, 7) is 2.13. The van der Waals surface area contributed by atoms with Gasteiger partial charge < -0.3 is 0 Å². The van der Waals surface area contributed by atoms with E-state index < -0.39 is 0 Å². The van der Waals surface area contributed by atoms with Crippen molar-refractivity contribution in [2.45, 2.75) is 31.2 Å². The van der Waals surface area contributed by atoms with Crippen LogP contribution in [0, 0.1) is 0 Å². The van der Waals surface area contributed by atoms with Crippen molar-refractivity contribution in [2.24, 2.45) is 0 Å². The van der Waals surface area contributed by atoms with Gasteiger partial charge in [-0.2, -0.15) is 0 Å². The monoisotopic (exact) mass is 136 g/mol. The van der Waals surface area contributed by atoms with Crippen molar-refractivity contribution in [3.8, 4) is 0 Å². The first-order valence-electron chi connectivity index (χ1n) is 2.95. The van der Waals surface area contributed by atoms with Crippen LogP contribution < -0.4 is 0 Å². The maximum absolute atomic E-state index is 5.79. The molecule has 0 aliphatic heterocycles. The first-order chi connectivity index (χ1) is 3.31. The Balaban J connectivity index is 2.83. The fraction of sp³-hybridized carbons (Fsp3) is 1.00. The van der Waals surface area contributed by atoms with E-state index >= 15 is 0 Å². The van der Waals surface area contributed by atoms with Crippen LogP contribution in [0.4, 0.5) is 0 Å². The third-order valence-electron chi connectivity index (χ3n) is 1.04. The average Bonchev–Trinajstić information content (AvgIpc) is 1.68. The highest BCUT2D eigenvalue weighted by atomic mass is 35.5. The fourth-order valence-corrected chi connectivity index (χ4v) is 1.80. The highest BCUT2D eigenvalue weighted by Crippen LogP contribution is 2.06. The van der Waals surface area contributed by atoms with Crippen molar-refractivity contribution < 1.29 is 0 Å². The third-order valence-corrected chi connectivity index (χ3v) is 2.15. The van der Waals surface area contributed by atoms with Crippen LogP contribution in [-0.4, -0.2) is 15.6 Å². The molecule has 0 aliphatic rings. The summed E-state index contributed by atoms with van der Waals surface area (Å²) in [5, 5.41) is 0.456. The van der Waals surface area contributed by atoms with E-state index in [1.165, 1.54) is 22.7 Å². The molecular formula is C5H13ClSi. The zero-order valence-electron chi connectivity index (χ0n) is 5.08. The lowest BCUT2D eigenvalue weighted by atomic mass is 10.3. The minimum atomic E-state index is 0.456. The number of alkyl halides is 1. The number of hydrogen-bond acceptors (Lipinski definition) is 0. The Hall–Kier alpha value is 0.507. The molecule has 1 atom stereocenters. The van der Waals surface area contributed by atoms with E-state index in [-0.39, 0.29) is 0 Å². The second-order valence-corrected chi connectivity index (χ2v) is 3.41. The van der Waals surface area contributed by atoms with Crippen molar-refractivity contribution in [3.63, 3.8) is 0 Å². The van der Waals surface area contributed by atoms with Crippen molar-refractivity contribution in [2.75, 3.05) is 0 Å². The predicted octanol–water partition coefficient (Wildman–Crippen LogP) is 1.18. The van der Waals surface area contributed by atoms with E-state index in [9.17, 15) is 0 Å². The van der Waals surface area contributed by atoms with E-state index in [0.29, 0.717) is 5.38 Å². The summed E-state index contributed by atoms with van der Waals surface area (Å²) < 4.78 is 0. The van der Waals surface area contributed by atoms with Crippen molar-refractivity contribution in [1.29, 1.82) is 0 Å². The molecule has 0 fully saturated rings. The van der Waals surface area contributed by atoms with Crippen LogP contribution >= 0.6 is 11.6 Å². The number of rotatable bonds is 3. The largest absolute Gasteiger partial charge is 0.123 e. The van der Waals surface area contributed by atoms with Crippen molar-refractivity contribution >= 4 is 21.8 Å². The van der Waals surface area contributed by atoms with Gasteiger partial charge in [0.2, 0.25) is 0 Å². The first kappa shape index (κ1) is 7.51. The molecule has 0 bridgehead atoms. The van der Waals surface area contributed by atoms with E-state index in [1.807, 2.05) is 0 Å². The Labute approximate surface area is 53.7 Å². The maximum atomic E-state index is 5.79. The van der Waals surface area contributed by atoms with Gasteiger partial charge in [-0.25, -0.2) is 0 Å². The summed E-state index contributed by atoms with van der Waals surface area (Å²) in [4.78, 5) is 0. The van der Waals surface area contributed by atoms with Gasteiger partial charge >= 0.3 is 0 Å². The minimum absolute atomic E-state index is 0.456. The SMILES string of the molecule is CCC(Cl)CC[SiH3]. The van der Waals surface area contributed by atoms with Crippen LogP contribution in [0.15, 0.2) is 0 Å². The van der Waals surface area contributed by atoms with Gasteiger partial charge in [-0.3, -0.25) is 0 Å². The molecular weight excluding hydrogens is 124 g/mol. The molecule has 0 N–H and O–H groups in total. The fourth-order valence-electron chi connectivity index (χ4n) is 0.517. The summed E-state index contributed by atoms with van der Waals surface area (Å²) in [6.07, 6.45) is 2.36. The lowest BCUT2D eigenvalue weighted by Crippen LogP contribution is -1.93. The van der Waals surface area contributed by atoms with E-state index in [0.717, 1.165) is 6.42 Å². The summed E-state index contributed by atoms with van der Waals surface area (Å²) in [7, 11) is 1.31. The van der Waals surface area contributed by atoms with Crippen LogP contribution in [0.1, 0.15) is 19.8 Å². The Morgan fingerprint density at radius 1 is 1.71 bits per heavy atom. The predicted molar refractivity (Wildman–Crippen MR) is 39.3 cm³/mol. The molecule has 44 valence electrons. The molecule has 2 heteroatoms. The van der Waals surface area contributed by atoms with Gasteiger partial charge in [0.25, 0.3) is 0 Å². The smallest absolute Gasteiger partial charge is 0.0330 e. The number of hydrogen-bond donors (Lipinski definition) is 0. The topological polar surface area (TPSA) is 0 Å². The quantitative estimate of drug-likeness (QED) is 0.404. The molecule has 0 saturated heterocycles. The van der Waals surface area contributed by atoms with E-state index in [4.69, 9.17) is 11.6 Å². The Morgan fingerprint density at radius 2 is 2.29 bits per heavy atom. The molecule has 0 aromatic carbocycles. The number of halogens is 1. The maximum Gasteiger partial charge on any atom is 0.0330 e. The Bertz CT molecular complexity index is 39.1. The molecule has 0 aromatic heterocycles. The normalized spacial score (nSPS) is 14.6. The summed E-state index contributed by atoms with van der Waals surface area (Å²) in [5.41, 5.74) is 0. The third kappa shape index (κ3) is 4.36. The Kier molecular flexibility index (Phi) is 5.00. The van der Waals surface area contributed by atoms with Crippen molar-refractivity contribution in [3.05, 3.63) is 0 Å². The zero-order chi connectivity index (χ0) is 5.70. The molecule has 7 heavy (non-hydrogen) atoms. The zero-order valence-corrected chi connectivity index (χ0v) is 7.83. The summed E-state index contributed by atoms with van der Waals surface area (Å²) in [5.74, 6) is 0. The van der Waals surface area contributed by atoms with Gasteiger partial charge in [-0.05, 0) is 12.8 Å². The van der Waals surface area contributed by atoms with Crippen molar-refractivity contribution in [1.82, 2.24) is 0 Å². The van der Waals surface area contributed by atoms with Gasteiger partial charge in [0.1, 0.15) is 0 Å². The molecule has 1 unspecified atom stereocenters. The van der Waals surface area contributed by atoms with E-state index in [1.54, 1.807) is 0 Å². The molecule has 0 rings (SSSR count). The standard InChI is InChI=1S/C5H13ClSi/c1-2-5(6)3-4-7/h5H,2-4H2,1,7H3. The average molecular weight is 137 g/mol. The van der Waals surface area contributed by atoms with Crippen LogP contribution in [0.2, 0.25) is 6.04 Å². The minimum Gasteiger partial charge on any atom is -0.123 e. The molecule has 0 radical (unpaired) electrons. The second-order valence-electron chi connectivity index (χ2n) is 1.79. The first-order valence-corrected chi connectivity index (χ1v) is 4.80. The molecule has 0 aliphatic carbocycles. The van der Waals surface area contributed by atoms with Crippen LogP contribution in [0.3, 0.4) is 0 Å². The highest BCUT2D eigenvalue weighted by molar-refractivity contribution is 6.21. The Morgan fingerprint density at radius 3 is 2.43 bits per heavy atom. The lowest BCUT2D eigenvalue weighted by molar-refractivity contribution is 0.781. The summed E-state index contributed by atoms with van der Waals surface area (Å²) >= 11 is 5.79. The van der Waals surface area contributed by atoms with E-state index in [2.05, 4.69) is 6.92 Å². The summed E-state index contributed by atoms with van der Waals surface area (Å²) in [6, 6.07) is 1.35. The van der Waals surface area contributed by atoms with Gasteiger partial charge in [-0.1, -0.05) is 13.0 Å². The molecule has 0 nitrogen and oxygen atoms in total. The molecule has 0 saturated carbocycles. The van der Waals surface area contributed by atoms with Gasteiger partial charge in [0.15, 0.2) is 0 Å². The van der Waals surface area contributed by atoms with Gasteiger partial charge in [-0.15, -0.1) is 11.6 Å². The lowest BCUT2D eigenvalue weighted by Gasteiger charge is -1.99. The van der Waals surface area contributed by atoms with Crippen LogP contribution in [-0.2, 0) is 0 Å². The van der Waals surface area contributed by atoms with Crippen LogP contribution in [0.5, 0.6) is 0 Å². The molecule has 0 amide bonds. The van der Waals surface area contributed by atoms with Crippen LogP contribution in [0.25, 0.3) is 0 Å². The highest BCUT2D eigenvalue weighted by Gasteiger charge is 1.95.